The van der Waals surface area contributed by atoms with Crippen molar-refractivity contribution in [3.05, 3.63) is 42.5 Å². The Balaban J connectivity index is 1.91. The summed E-state index contributed by atoms with van der Waals surface area (Å²) in [7, 11) is 1.65. The van der Waals surface area contributed by atoms with E-state index in [1.165, 1.54) is 0 Å². The van der Waals surface area contributed by atoms with Gasteiger partial charge in [0.2, 0.25) is 0 Å². The Morgan fingerprint density at radius 1 is 0.850 bits per heavy atom. The Labute approximate surface area is 121 Å². The Morgan fingerprint density at radius 2 is 1.40 bits per heavy atom. The van der Waals surface area contributed by atoms with Gasteiger partial charge < -0.3 is 18.9 Å². The maximum absolute atomic E-state index is 5.51. The first kappa shape index (κ1) is 16.9. The van der Waals surface area contributed by atoms with Crippen molar-refractivity contribution in [3.63, 3.8) is 0 Å². The predicted molar refractivity (Wildman–Crippen MR) is 79.8 cm³/mol. The first-order valence-corrected chi connectivity index (χ1v) is 6.80. The third kappa shape index (κ3) is 8.07. The SMILES string of the molecule is C=C(COCCOCCOCCOC)c1ccccc1. The molecule has 0 fully saturated rings. The monoisotopic (exact) mass is 280 g/mol. The van der Waals surface area contributed by atoms with Gasteiger partial charge in [-0.25, -0.2) is 0 Å². The van der Waals surface area contributed by atoms with Gasteiger partial charge in [0.1, 0.15) is 0 Å². The molecule has 20 heavy (non-hydrogen) atoms. The Hall–Kier alpha value is -1.20. The highest BCUT2D eigenvalue weighted by Crippen LogP contribution is 2.11. The van der Waals surface area contributed by atoms with Crippen LogP contribution in [0.15, 0.2) is 36.9 Å². The fourth-order valence-electron chi connectivity index (χ4n) is 1.53. The van der Waals surface area contributed by atoms with Gasteiger partial charge in [0.15, 0.2) is 0 Å². The number of benzene rings is 1. The highest BCUT2D eigenvalue weighted by molar-refractivity contribution is 5.63. The molecule has 4 nitrogen and oxygen atoms in total. The third-order valence-electron chi connectivity index (χ3n) is 2.63. The summed E-state index contributed by atoms with van der Waals surface area (Å²) in [5.74, 6) is 0. The maximum Gasteiger partial charge on any atom is 0.0718 e. The minimum absolute atomic E-state index is 0.526. The Morgan fingerprint density at radius 3 is 2.00 bits per heavy atom. The van der Waals surface area contributed by atoms with Crippen molar-refractivity contribution < 1.29 is 18.9 Å². The first-order chi connectivity index (χ1) is 9.84. The van der Waals surface area contributed by atoms with Gasteiger partial charge in [0.05, 0.1) is 46.2 Å². The van der Waals surface area contributed by atoms with Gasteiger partial charge in [-0.2, -0.15) is 0 Å². The standard InChI is InChI=1S/C16H24O4/c1-15(16-6-4-3-5-7-16)14-20-13-12-19-11-10-18-9-8-17-2/h3-7H,1,8-14H2,2H3. The summed E-state index contributed by atoms with van der Waals surface area (Å²) >= 11 is 0. The van der Waals surface area contributed by atoms with E-state index in [0.717, 1.165) is 11.1 Å². The van der Waals surface area contributed by atoms with Gasteiger partial charge >= 0.3 is 0 Å². The fourth-order valence-corrected chi connectivity index (χ4v) is 1.53. The lowest BCUT2D eigenvalue weighted by atomic mass is 10.1. The molecule has 0 heterocycles. The van der Waals surface area contributed by atoms with Crippen LogP contribution < -0.4 is 0 Å². The highest BCUT2D eigenvalue weighted by Gasteiger charge is 1.98. The summed E-state index contributed by atoms with van der Waals surface area (Å²) in [5, 5.41) is 0. The average Bonchev–Trinajstić information content (AvgIpc) is 2.50. The summed E-state index contributed by atoms with van der Waals surface area (Å²) in [5.41, 5.74) is 2.09. The summed E-state index contributed by atoms with van der Waals surface area (Å²) in [6.07, 6.45) is 0. The molecule has 0 saturated carbocycles. The van der Waals surface area contributed by atoms with Gasteiger partial charge in [-0.05, 0) is 11.1 Å². The molecule has 1 aromatic carbocycles. The second-order valence-electron chi connectivity index (χ2n) is 4.24. The molecule has 0 aliphatic heterocycles. The van der Waals surface area contributed by atoms with Crippen molar-refractivity contribution in [1.82, 2.24) is 0 Å². The maximum atomic E-state index is 5.51. The first-order valence-electron chi connectivity index (χ1n) is 6.80. The van der Waals surface area contributed by atoms with Crippen LogP contribution in [-0.2, 0) is 18.9 Å². The van der Waals surface area contributed by atoms with Crippen molar-refractivity contribution in [2.75, 3.05) is 53.4 Å². The van der Waals surface area contributed by atoms with Crippen molar-refractivity contribution in [2.24, 2.45) is 0 Å². The molecular formula is C16H24O4. The van der Waals surface area contributed by atoms with E-state index in [0.29, 0.717) is 46.2 Å². The number of ether oxygens (including phenoxy) is 4. The second-order valence-corrected chi connectivity index (χ2v) is 4.24. The minimum atomic E-state index is 0.526. The normalized spacial score (nSPS) is 10.7. The molecule has 1 rings (SSSR count). The van der Waals surface area contributed by atoms with E-state index in [1.807, 2.05) is 30.3 Å². The van der Waals surface area contributed by atoms with E-state index in [9.17, 15) is 0 Å². The lowest BCUT2D eigenvalue weighted by Gasteiger charge is -2.08. The van der Waals surface area contributed by atoms with Crippen molar-refractivity contribution in [1.29, 1.82) is 0 Å². The summed E-state index contributed by atoms with van der Waals surface area (Å²) in [6.45, 7) is 8.03. The average molecular weight is 280 g/mol. The van der Waals surface area contributed by atoms with Crippen LogP contribution >= 0.6 is 0 Å². The lowest BCUT2D eigenvalue weighted by molar-refractivity contribution is 0.00763. The zero-order chi connectivity index (χ0) is 14.5. The molecule has 0 spiro atoms. The quantitative estimate of drug-likeness (QED) is 0.551. The molecule has 0 N–H and O–H groups in total. The van der Waals surface area contributed by atoms with Crippen LogP contribution in [0.1, 0.15) is 5.56 Å². The zero-order valence-corrected chi connectivity index (χ0v) is 12.2. The topological polar surface area (TPSA) is 36.9 Å². The van der Waals surface area contributed by atoms with Crippen LogP contribution in [0.4, 0.5) is 0 Å². The Bertz CT molecular complexity index is 351. The van der Waals surface area contributed by atoms with Gasteiger partial charge in [0.25, 0.3) is 0 Å². The number of rotatable bonds is 12. The van der Waals surface area contributed by atoms with Crippen LogP contribution in [0.25, 0.3) is 5.57 Å². The van der Waals surface area contributed by atoms with Crippen LogP contribution in [-0.4, -0.2) is 53.4 Å². The van der Waals surface area contributed by atoms with E-state index in [-0.39, 0.29) is 0 Å². The molecule has 0 aromatic heterocycles. The third-order valence-corrected chi connectivity index (χ3v) is 2.63. The van der Waals surface area contributed by atoms with E-state index < -0.39 is 0 Å². The van der Waals surface area contributed by atoms with Gasteiger partial charge in [0, 0.05) is 7.11 Å². The molecule has 0 radical (unpaired) electrons. The number of hydrogen-bond acceptors (Lipinski definition) is 4. The van der Waals surface area contributed by atoms with E-state index in [2.05, 4.69) is 6.58 Å². The molecule has 0 atom stereocenters. The summed E-state index contributed by atoms with van der Waals surface area (Å²) in [6, 6.07) is 10.0. The van der Waals surface area contributed by atoms with E-state index in [1.54, 1.807) is 7.11 Å². The highest BCUT2D eigenvalue weighted by atomic mass is 16.6. The van der Waals surface area contributed by atoms with Gasteiger partial charge in [-0.3, -0.25) is 0 Å². The van der Waals surface area contributed by atoms with Crippen LogP contribution in [0.5, 0.6) is 0 Å². The summed E-state index contributed by atoms with van der Waals surface area (Å²) in [4.78, 5) is 0. The van der Waals surface area contributed by atoms with Crippen molar-refractivity contribution in [3.8, 4) is 0 Å². The van der Waals surface area contributed by atoms with E-state index >= 15 is 0 Å². The zero-order valence-electron chi connectivity index (χ0n) is 12.2. The molecule has 0 aliphatic carbocycles. The molecule has 0 amide bonds. The molecule has 0 saturated heterocycles. The van der Waals surface area contributed by atoms with E-state index in [4.69, 9.17) is 18.9 Å². The smallest absolute Gasteiger partial charge is 0.0718 e. The second kappa shape index (κ2) is 11.6. The van der Waals surface area contributed by atoms with Gasteiger partial charge in [-0.15, -0.1) is 0 Å². The molecule has 4 heteroatoms. The molecule has 0 aliphatic rings. The Kier molecular flexibility index (Phi) is 9.79. The minimum Gasteiger partial charge on any atom is -0.382 e. The van der Waals surface area contributed by atoms with Crippen LogP contribution in [0.3, 0.4) is 0 Å². The molecular weight excluding hydrogens is 256 g/mol. The van der Waals surface area contributed by atoms with Crippen LogP contribution in [0.2, 0.25) is 0 Å². The van der Waals surface area contributed by atoms with Crippen LogP contribution in [0, 0.1) is 0 Å². The number of hydrogen-bond donors (Lipinski definition) is 0. The summed E-state index contributed by atoms with van der Waals surface area (Å²) < 4.78 is 21.0. The van der Waals surface area contributed by atoms with Crippen molar-refractivity contribution >= 4 is 5.57 Å². The molecule has 0 unspecified atom stereocenters. The largest absolute Gasteiger partial charge is 0.382 e. The molecule has 1 aromatic rings. The lowest BCUT2D eigenvalue weighted by Crippen LogP contribution is -2.11. The van der Waals surface area contributed by atoms with Crippen molar-refractivity contribution in [2.45, 2.75) is 0 Å². The number of methoxy groups -OCH3 is 1. The van der Waals surface area contributed by atoms with Gasteiger partial charge in [-0.1, -0.05) is 36.9 Å². The molecule has 0 bridgehead atoms. The predicted octanol–water partition coefficient (Wildman–Crippen LogP) is 2.40. The molecule has 112 valence electrons. The fraction of sp³-hybridized carbons (Fsp3) is 0.500.